The lowest BCUT2D eigenvalue weighted by Crippen LogP contribution is -2.43. The summed E-state index contributed by atoms with van der Waals surface area (Å²) in [5.41, 5.74) is 1.14. The van der Waals surface area contributed by atoms with Gasteiger partial charge in [-0.25, -0.2) is 0 Å². The molecule has 2 heterocycles. The van der Waals surface area contributed by atoms with E-state index in [0.29, 0.717) is 0 Å². The van der Waals surface area contributed by atoms with Crippen LogP contribution in [0.4, 0.5) is 0 Å². The number of guanidine groups is 1. The third-order valence-corrected chi connectivity index (χ3v) is 5.33. The van der Waals surface area contributed by atoms with Crippen molar-refractivity contribution in [3.8, 4) is 0 Å². The molecule has 0 spiro atoms. The van der Waals surface area contributed by atoms with Gasteiger partial charge in [0, 0.05) is 59.7 Å². The molecule has 1 N–H and O–H groups in total. The molecule has 1 aliphatic heterocycles. The fourth-order valence-electron chi connectivity index (χ4n) is 3.64. The lowest BCUT2D eigenvalue weighted by Gasteiger charge is -2.26. The van der Waals surface area contributed by atoms with Gasteiger partial charge in [0.1, 0.15) is 0 Å². The number of hydrogen-bond donors (Lipinski definition) is 1. The summed E-state index contributed by atoms with van der Waals surface area (Å²) in [6.45, 7) is 6.28. The average molecular weight is 411 g/mol. The Morgan fingerprint density at radius 1 is 1.39 bits per heavy atom. The van der Waals surface area contributed by atoms with Crippen LogP contribution in [0, 0.1) is 0 Å². The molecule has 1 unspecified atom stereocenters. The quantitative estimate of drug-likeness (QED) is 0.404. The third-order valence-electron chi connectivity index (χ3n) is 5.12. The number of halogens is 1. The van der Waals surface area contributed by atoms with Gasteiger partial charge in [-0.05, 0) is 38.8 Å². The molecule has 0 radical (unpaired) electrons. The second-order valence-electron chi connectivity index (χ2n) is 7.63. The number of rotatable bonds is 8. The Labute approximate surface area is 174 Å². The van der Waals surface area contributed by atoms with Gasteiger partial charge in [0.2, 0.25) is 5.91 Å². The molecule has 0 aromatic carbocycles. The van der Waals surface area contributed by atoms with E-state index in [-0.39, 0.29) is 11.9 Å². The van der Waals surface area contributed by atoms with E-state index in [9.17, 15) is 4.79 Å². The number of aryl methyl sites for hydroxylation is 1. The van der Waals surface area contributed by atoms with E-state index in [1.807, 2.05) is 45.0 Å². The summed E-state index contributed by atoms with van der Waals surface area (Å²) in [6, 6.07) is 2.02. The van der Waals surface area contributed by atoms with E-state index in [2.05, 4.69) is 22.0 Å². The predicted molar refractivity (Wildman–Crippen MR) is 116 cm³/mol. The fraction of sp³-hybridized carbons (Fsp3) is 0.700. The van der Waals surface area contributed by atoms with Crippen LogP contribution < -0.4 is 5.32 Å². The van der Waals surface area contributed by atoms with Gasteiger partial charge in [-0.2, -0.15) is 0 Å². The van der Waals surface area contributed by atoms with Crippen molar-refractivity contribution < 1.29 is 4.79 Å². The Bertz CT molecular complexity index is 672. The highest BCUT2D eigenvalue weighted by Gasteiger charge is 2.30. The van der Waals surface area contributed by atoms with E-state index in [1.165, 1.54) is 0 Å². The summed E-state index contributed by atoms with van der Waals surface area (Å²) in [4.78, 5) is 23.2. The zero-order chi connectivity index (χ0) is 20.7. The molecule has 1 aromatic heterocycles. The second kappa shape index (κ2) is 10.7. The summed E-state index contributed by atoms with van der Waals surface area (Å²) in [6.07, 6.45) is 4.91. The monoisotopic (exact) mass is 410 g/mol. The summed E-state index contributed by atoms with van der Waals surface area (Å²) in [5, 5.41) is 4.11. The molecule has 0 saturated carbocycles. The van der Waals surface area contributed by atoms with E-state index in [0.717, 1.165) is 68.7 Å². The minimum atomic E-state index is 0.0389. The maximum Gasteiger partial charge on any atom is 0.239 e. The molecular weight excluding hydrogens is 376 g/mol. The maximum atomic E-state index is 12.3. The van der Waals surface area contributed by atoms with Crippen LogP contribution >= 0.6 is 11.6 Å². The van der Waals surface area contributed by atoms with Gasteiger partial charge in [-0.3, -0.25) is 14.7 Å². The number of nitrogens with zero attached hydrogens (tertiary/aromatic N) is 5. The molecule has 1 saturated heterocycles. The number of amides is 1. The molecule has 0 aliphatic carbocycles. The molecule has 1 aromatic rings. The number of likely N-dealkylation sites (N-methyl/N-ethyl adjacent to an activating group) is 1. The van der Waals surface area contributed by atoms with Gasteiger partial charge in [-0.15, -0.1) is 0 Å². The van der Waals surface area contributed by atoms with Crippen LogP contribution in [0.2, 0.25) is 5.02 Å². The molecule has 1 atom stereocenters. The SMILES string of the molecule is CCNC(=NCCCN1CCCC1C(=O)N(C)C)N(C)Cc1cc(Cl)cn1C. The number of hydrogen-bond acceptors (Lipinski definition) is 3. The first-order valence-corrected chi connectivity index (χ1v) is 10.5. The minimum Gasteiger partial charge on any atom is -0.357 e. The Hall–Kier alpha value is -1.73. The van der Waals surface area contributed by atoms with Crippen LogP contribution in [0.3, 0.4) is 0 Å². The molecule has 0 bridgehead atoms. The van der Waals surface area contributed by atoms with Crippen LogP contribution in [-0.4, -0.2) is 84.5 Å². The van der Waals surface area contributed by atoms with Crippen molar-refractivity contribution in [2.24, 2.45) is 12.0 Å². The highest BCUT2D eigenvalue weighted by Crippen LogP contribution is 2.19. The summed E-state index contributed by atoms with van der Waals surface area (Å²) < 4.78 is 2.04. The van der Waals surface area contributed by atoms with Crippen LogP contribution in [0.5, 0.6) is 0 Å². The van der Waals surface area contributed by atoms with E-state index >= 15 is 0 Å². The number of carbonyl (C=O) groups excluding carboxylic acids is 1. The van der Waals surface area contributed by atoms with Crippen molar-refractivity contribution in [3.05, 3.63) is 23.0 Å². The normalized spacial score (nSPS) is 17.8. The molecule has 1 fully saturated rings. The first kappa shape index (κ1) is 22.6. The van der Waals surface area contributed by atoms with Crippen LogP contribution in [0.15, 0.2) is 17.3 Å². The van der Waals surface area contributed by atoms with Gasteiger partial charge in [0.05, 0.1) is 17.6 Å². The number of aromatic nitrogens is 1. The van der Waals surface area contributed by atoms with Crippen LogP contribution in [-0.2, 0) is 18.4 Å². The first-order chi connectivity index (χ1) is 13.3. The van der Waals surface area contributed by atoms with Crippen molar-refractivity contribution >= 4 is 23.5 Å². The van der Waals surface area contributed by atoms with Crippen molar-refractivity contribution in [2.45, 2.75) is 38.8 Å². The molecule has 2 rings (SSSR count). The van der Waals surface area contributed by atoms with Crippen LogP contribution in [0.1, 0.15) is 31.9 Å². The number of aliphatic imine (C=N–C) groups is 1. The second-order valence-corrected chi connectivity index (χ2v) is 8.07. The zero-order valence-electron chi connectivity index (χ0n) is 17.9. The standard InChI is InChI=1S/C20H35ClN6O/c1-6-22-20(26(5)15-17-13-16(21)14-25(17)4)23-10-8-12-27-11-7-9-18(27)19(28)24(2)3/h13-14,18H,6-12,15H2,1-5H3,(H,22,23). The molecule has 1 aliphatic rings. The van der Waals surface area contributed by atoms with E-state index in [4.69, 9.17) is 16.6 Å². The van der Waals surface area contributed by atoms with Crippen molar-refractivity contribution in [1.29, 1.82) is 0 Å². The average Bonchev–Trinajstić information content (AvgIpc) is 3.22. The van der Waals surface area contributed by atoms with Crippen LogP contribution in [0.25, 0.3) is 0 Å². The number of likely N-dealkylation sites (tertiary alicyclic amines) is 1. The van der Waals surface area contributed by atoms with E-state index in [1.54, 1.807) is 4.90 Å². The van der Waals surface area contributed by atoms with Gasteiger partial charge in [0.15, 0.2) is 5.96 Å². The summed E-state index contributed by atoms with van der Waals surface area (Å²) >= 11 is 6.09. The highest BCUT2D eigenvalue weighted by atomic mass is 35.5. The van der Waals surface area contributed by atoms with E-state index < -0.39 is 0 Å². The fourth-order valence-corrected chi connectivity index (χ4v) is 3.91. The Balaban J connectivity index is 1.88. The minimum absolute atomic E-state index is 0.0389. The first-order valence-electron chi connectivity index (χ1n) is 10.1. The van der Waals surface area contributed by atoms with Crippen molar-refractivity contribution in [1.82, 2.24) is 24.6 Å². The predicted octanol–water partition coefficient (Wildman–Crippen LogP) is 2.02. The maximum absolute atomic E-state index is 12.3. The van der Waals surface area contributed by atoms with Crippen molar-refractivity contribution in [2.75, 3.05) is 47.3 Å². The van der Waals surface area contributed by atoms with Crippen molar-refractivity contribution in [3.63, 3.8) is 0 Å². The number of carbonyl (C=O) groups is 1. The highest BCUT2D eigenvalue weighted by molar-refractivity contribution is 6.30. The Morgan fingerprint density at radius 2 is 2.14 bits per heavy atom. The lowest BCUT2D eigenvalue weighted by atomic mass is 10.2. The smallest absolute Gasteiger partial charge is 0.239 e. The largest absolute Gasteiger partial charge is 0.357 e. The van der Waals surface area contributed by atoms with Gasteiger partial charge >= 0.3 is 0 Å². The molecular formula is C20H35ClN6O. The lowest BCUT2D eigenvalue weighted by molar-refractivity contribution is -0.133. The topological polar surface area (TPSA) is 56.1 Å². The molecule has 28 heavy (non-hydrogen) atoms. The molecule has 8 heteroatoms. The molecule has 158 valence electrons. The summed E-state index contributed by atoms with van der Waals surface area (Å²) in [5.74, 6) is 1.11. The summed E-state index contributed by atoms with van der Waals surface area (Å²) in [7, 11) is 7.71. The molecule has 7 nitrogen and oxygen atoms in total. The Morgan fingerprint density at radius 3 is 2.75 bits per heavy atom. The zero-order valence-corrected chi connectivity index (χ0v) is 18.7. The van der Waals surface area contributed by atoms with Gasteiger partial charge in [0.25, 0.3) is 0 Å². The van der Waals surface area contributed by atoms with Gasteiger partial charge in [-0.1, -0.05) is 11.6 Å². The van der Waals surface area contributed by atoms with Gasteiger partial charge < -0.3 is 19.7 Å². The Kier molecular flexibility index (Phi) is 8.63. The molecule has 1 amide bonds. The number of nitrogens with one attached hydrogen (secondary N) is 1. The third kappa shape index (κ3) is 6.14.